The molecule has 188 valence electrons. The van der Waals surface area contributed by atoms with Gasteiger partial charge in [-0.05, 0) is 42.5 Å². The molecule has 1 atom stereocenters. The number of anilines is 1. The summed E-state index contributed by atoms with van der Waals surface area (Å²) in [7, 11) is -7.44. The number of non-ortho nitro benzene ring substituents is 1. The zero-order chi connectivity index (χ0) is 25.4. The molecule has 2 saturated heterocycles. The van der Waals surface area contributed by atoms with E-state index in [1.165, 1.54) is 18.2 Å². The van der Waals surface area contributed by atoms with E-state index in [2.05, 4.69) is 0 Å². The van der Waals surface area contributed by atoms with Crippen LogP contribution in [0.2, 0.25) is 0 Å². The smallest absolute Gasteiger partial charge is 0.414 e. The topological polar surface area (TPSA) is 150 Å². The Morgan fingerprint density at radius 3 is 2.54 bits per heavy atom. The van der Waals surface area contributed by atoms with E-state index in [0.717, 1.165) is 29.2 Å². The number of hydrogen-bond donors (Lipinski definition) is 0. The van der Waals surface area contributed by atoms with Gasteiger partial charge in [-0.2, -0.15) is 8.42 Å². The second kappa shape index (κ2) is 9.51. The van der Waals surface area contributed by atoms with E-state index in [0.29, 0.717) is 18.4 Å². The molecule has 35 heavy (non-hydrogen) atoms. The molecule has 0 radical (unpaired) electrons. The number of carbonyl (C=O) groups is 1. The lowest BCUT2D eigenvalue weighted by Crippen LogP contribution is -2.27. The largest absolute Gasteiger partial charge is 0.441 e. The average Bonchev–Trinajstić information content (AvgIpc) is 3.19. The molecule has 1 unspecified atom stereocenters. The molecule has 2 aliphatic heterocycles. The maximum absolute atomic E-state index is 14.8. The number of nitro groups is 1. The molecule has 2 aromatic rings. The molecule has 11 nitrogen and oxygen atoms in total. The van der Waals surface area contributed by atoms with Gasteiger partial charge in [-0.1, -0.05) is 12.1 Å². The highest BCUT2D eigenvalue weighted by Gasteiger charge is 2.35. The highest BCUT2D eigenvalue weighted by atomic mass is 32.2. The fourth-order valence-electron chi connectivity index (χ4n) is 4.02. The summed E-state index contributed by atoms with van der Waals surface area (Å²) in [5.74, 6) is -0.818. The fourth-order valence-corrected chi connectivity index (χ4v) is 6.49. The van der Waals surface area contributed by atoms with Gasteiger partial charge in [0.1, 0.15) is 33.3 Å². The Bertz CT molecular complexity index is 1360. The number of amides is 1. The van der Waals surface area contributed by atoms with Gasteiger partial charge in [0.2, 0.25) is 0 Å². The highest BCUT2D eigenvalue weighted by molar-refractivity contribution is 7.91. The molecule has 2 fully saturated rings. The van der Waals surface area contributed by atoms with Crippen LogP contribution in [0.15, 0.2) is 47.4 Å². The predicted molar refractivity (Wildman–Crippen MR) is 121 cm³/mol. The lowest BCUT2D eigenvalue weighted by Gasteiger charge is -2.23. The van der Waals surface area contributed by atoms with Crippen LogP contribution in [0, 0.1) is 15.9 Å². The molecule has 2 heterocycles. The van der Waals surface area contributed by atoms with Gasteiger partial charge in [0, 0.05) is 12.1 Å². The van der Waals surface area contributed by atoms with E-state index in [1.807, 2.05) is 0 Å². The number of ether oxygens (including phenoxy) is 1. The number of hydrogen-bond acceptors (Lipinski definition) is 9. The van der Waals surface area contributed by atoms with Gasteiger partial charge < -0.3 is 4.74 Å². The normalized spacial score (nSPS) is 20.5. The summed E-state index contributed by atoms with van der Waals surface area (Å²) < 4.78 is 72.9. The quantitative estimate of drug-likeness (QED) is 0.300. The second-order valence-corrected chi connectivity index (χ2v) is 12.2. The summed E-state index contributed by atoms with van der Waals surface area (Å²) in [5, 5.41) is 10.9. The van der Waals surface area contributed by atoms with Gasteiger partial charge in [-0.15, -0.1) is 0 Å². The number of benzene rings is 2. The second-order valence-electron chi connectivity index (χ2n) is 8.24. The van der Waals surface area contributed by atoms with Crippen LogP contribution >= 0.6 is 0 Å². The fraction of sp³-hybridized carbons (Fsp3) is 0.381. The first-order valence-electron chi connectivity index (χ1n) is 10.6. The molecule has 4 rings (SSSR count). The standard InChI is InChI=1S/C21H21FN2O9S2/c22-20-11-15(4-5-19(20)14-6-8-34(28,29)9-7-14)23-12-17(33-21(23)25)13-32-35(30,31)18-3-1-2-16(10-18)24(26)27/h1-5,10-11,14,17H,6-9,12-13H2. The van der Waals surface area contributed by atoms with Crippen molar-refractivity contribution >= 4 is 37.4 Å². The van der Waals surface area contributed by atoms with Gasteiger partial charge >= 0.3 is 6.09 Å². The van der Waals surface area contributed by atoms with Crippen molar-refractivity contribution in [1.29, 1.82) is 0 Å². The van der Waals surface area contributed by atoms with E-state index < -0.39 is 60.1 Å². The van der Waals surface area contributed by atoms with E-state index in [1.54, 1.807) is 0 Å². The van der Waals surface area contributed by atoms with Gasteiger partial charge in [0.25, 0.3) is 15.8 Å². The SMILES string of the molecule is O=C1OC(COS(=O)(=O)c2cccc([N+](=O)[O-])c2)CN1c1ccc(C2CCS(=O)(=O)CC2)c(F)c1. The van der Waals surface area contributed by atoms with Crippen molar-refractivity contribution in [3.05, 3.63) is 64.0 Å². The monoisotopic (exact) mass is 528 g/mol. The maximum Gasteiger partial charge on any atom is 0.414 e. The molecule has 0 aliphatic carbocycles. The van der Waals surface area contributed by atoms with Crippen LogP contribution in [0.3, 0.4) is 0 Å². The minimum absolute atomic E-state index is 0.00176. The molecule has 0 N–H and O–H groups in total. The van der Waals surface area contributed by atoms with Crippen LogP contribution in [-0.2, 0) is 28.9 Å². The van der Waals surface area contributed by atoms with Crippen molar-refractivity contribution in [2.45, 2.75) is 29.8 Å². The van der Waals surface area contributed by atoms with Crippen molar-refractivity contribution in [3.63, 3.8) is 0 Å². The van der Waals surface area contributed by atoms with Crippen molar-refractivity contribution in [2.75, 3.05) is 29.6 Å². The van der Waals surface area contributed by atoms with Gasteiger partial charge in [0.15, 0.2) is 0 Å². The zero-order valence-corrected chi connectivity index (χ0v) is 19.8. The molecule has 0 aromatic heterocycles. The van der Waals surface area contributed by atoms with Crippen molar-refractivity contribution in [2.24, 2.45) is 0 Å². The molecule has 2 aromatic carbocycles. The molecular weight excluding hydrogens is 507 g/mol. The molecular formula is C21H21FN2O9S2. The Morgan fingerprint density at radius 2 is 1.89 bits per heavy atom. The summed E-state index contributed by atoms with van der Waals surface area (Å²) in [6, 6.07) is 8.52. The number of halogens is 1. The van der Waals surface area contributed by atoms with Crippen LogP contribution in [-0.4, -0.2) is 58.6 Å². The third kappa shape index (κ3) is 5.60. The average molecular weight is 529 g/mol. The Labute approximate surface area is 200 Å². The van der Waals surface area contributed by atoms with Gasteiger partial charge in [-0.3, -0.25) is 19.2 Å². The van der Waals surface area contributed by atoms with Crippen LogP contribution in [0.25, 0.3) is 0 Å². The number of carbonyl (C=O) groups excluding carboxylic acids is 1. The lowest BCUT2D eigenvalue weighted by molar-refractivity contribution is -0.385. The summed E-state index contributed by atoms with van der Waals surface area (Å²) in [6.45, 7) is -0.645. The molecule has 0 spiro atoms. The first kappa shape index (κ1) is 25.0. The third-order valence-electron chi connectivity index (χ3n) is 5.89. The van der Waals surface area contributed by atoms with E-state index in [-0.39, 0.29) is 29.7 Å². The van der Waals surface area contributed by atoms with Crippen LogP contribution in [0.4, 0.5) is 20.6 Å². The van der Waals surface area contributed by atoms with E-state index >= 15 is 0 Å². The highest BCUT2D eigenvalue weighted by Crippen LogP contribution is 2.33. The first-order valence-corrected chi connectivity index (χ1v) is 13.8. The Kier molecular flexibility index (Phi) is 6.79. The molecule has 14 heteroatoms. The summed E-state index contributed by atoms with van der Waals surface area (Å²) in [6.07, 6.45) is -1.16. The number of sulfone groups is 1. The van der Waals surface area contributed by atoms with E-state index in [4.69, 9.17) is 8.92 Å². The summed E-state index contributed by atoms with van der Waals surface area (Å²) >= 11 is 0. The lowest BCUT2D eigenvalue weighted by atomic mass is 9.93. The summed E-state index contributed by atoms with van der Waals surface area (Å²) in [5.41, 5.74) is 0.149. The predicted octanol–water partition coefficient (Wildman–Crippen LogP) is 2.76. The van der Waals surface area contributed by atoms with Crippen molar-refractivity contribution in [3.8, 4) is 0 Å². The number of cyclic esters (lactones) is 1. The molecule has 2 aliphatic rings. The number of rotatable bonds is 7. The van der Waals surface area contributed by atoms with Crippen molar-refractivity contribution < 1.29 is 39.9 Å². The Morgan fingerprint density at radius 1 is 1.17 bits per heavy atom. The Hall–Kier alpha value is -3.10. The molecule has 0 saturated carbocycles. The van der Waals surface area contributed by atoms with Gasteiger partial charge in [0.05, 0.1) is 28.7 Å². The van der Waals surface area contributed by atoms with Crippen molar-refractivity contribution in [1.82, 2.24) is 0 Å². The minimum Gasteiger partial charge on any atom is -0.441 e. The van der Waals surface area contributed by atoms with Gasteiger partial charge in [-0.25, -0.2) is 17.6 Å². The van der Waals surface area contributed by atoms with Crippen LogP contribution in [0.5, 0.6) is 0 Å². The number of nitrogens with zero attached hydrogens (tertiary/aromatic N) is 2. The molecule has 1 amide bonds. The maximum atomic E-state index is 14.8. The van der Waals surface area contributed by atoms with E-state index in [9.17, 15) is 36.1 Å². The molecule has 0 bridgehead atoms. The number of nitro benzene ring substituents is 1. The summed E-state index contributed by atoms with van der Waals surface area (Å²) in [4.78, 5) is 23.1. The third-order valence-corrected chi connectivity index (χ3v) is 8.88. The first-order chi connectivity index (χ1) is 16.4. The zero-order valence-electron chi connectivity index (χ0n) is 18.2. The van der Waals surface area contributed by atoms with Crippen LogP contribution < -0.4 is 4.90 Å². The minimum atomic E-state index is -4.35. The Balaban J connectivity index is 1.40. The van der Waals surface area contributed by atoms with Crippen LogP contribution in [0.1, 0.15) is 24.3 Å².